The van der Waals surface area contributed by atoms with Crippen molar-refractivity contribution in [1.29, 1.82) is 0 Å². The van der Waals surface area contributed by atoms with E-state index in [4.69, 9.17) is 5.73 Å². The third-order valence-electron chi connectivity index (χ3n) is 4.02. The molecule has 1 aliphatic rings. The third kappa shape index (κ3) is 3.84. The minimum absolute atomic E-state index is 0.0161. The van der Waals surface area contributed by atoms with Crippen molar-refractivity contribution in [2.45, 2.75) is 58.8 Å². The number of nitrogens with two attached hydrogens (primary N) is 1. The Kier molecular flexibility index (Phi) is 5.39. The van der Waals surface area contributed by atoms with Crippen LogP contribution in [0.15, 0.2) is 0 Å². The molecule has 5 heteroatoms. The average Bonchev–Trinajstić information content (AvgIpc) is 2.75. The van der Waals surface area contributed by atoms with Crippen LogP contribution in [0, 0.1) is 5.92 Å². The van der Waals surface area contributed by atoms with Crippen molar-refractivity contribution >= 4 is 28.2 Å². The zero-order chi connectivity index (χ0) is 15.4. The molecule has 1 aromatic rings. The van der Waals surface area contributed by atoms with Crippen molar-refractivity contribution < 1.29 is 9.59 Å². The number of carbonyl (C=O) groups is 2. The Morgan fingerprint density at radius 2 is 2.14 bits per heavy atom. The van der Waals surface area contributed by atoms with E-state index in [-0.39, 0.29) is 5.91 Å². The van der Waals surface area contributed by atoms with E-state index >= 15 is 0 Å². The summed E-state index contributed by atoms with van der Waals surface area (Å²) in [5, 5.41) is 3.56. The van der Waals surface area contributed by atoms with Crippen LogP contribution in [0.4, 0.5) is 5.00 Å². The summed E-state index contributed by atoms with van der Waals surface area (Å²) < 4.78 is 0. The van der Waals surface area contributed by atoms with Crippen molar-refractivity contribution in [2.75, 3.05) is 5.32 Å². The first kappa shape index (κ1) is 16.0. The van der Waals surface area contributed by atoms with Crippen LogP contribution >= 0.6 is 11.3 Å². The van der Waals surface area contributed by atoms with Gasteiger partial charge in [0.2, 0.25) is 5.91 Å². The second-order valence-electron chi connectivity index (χ2n) is 5.93. The molecule has 1 atom stereocenters. The fourth-order valence-electron chi connectivity index (χ4n) is 2.82. The number of carbonyl (C=O) groups excluding carboxylic acids is 2. The molecule has 0 saturated carbocycles. The van der Waals surface area contributed by atoms with E-state index in [1.165, 1.54) is 16.2 Å². The van der Waals surface area contributed by atoms with Gasteiger partial charge in [0.1, 0.15) is 5.00 Å². The van der Waals surface area contributed by atoms with Gasteiger partial charge in [-0.2, -0.15) is 0 Å². The molecule has 0 unspecified atom stereocenters. The van der Waals surface area contributed by atoms with Crippen molar-refractivity contribution in [3.8, 4) is 0 Å². The number of primary amides is 1. The zero-order valence-electron chi connectivity index (χ0n) is 12.8. The number of nitrogens with one attached hydrogen (secondary N) is 1. The zero-order valence-corrected chi connectivity index (χ0v) is 13.6. The smallest absolute Gasteiger partial charge is 0.251 e. The van der Waals surface area contributed by atoms with Crippen LogP contribution in [0.2, 0.25) is 0 Å². The Balaban J connectivity index is 2.15. The SMILES string of the molecule is CCCCCC(=O)Nc1sc2c(c1C(N)=O)CC[C@@H](C)C2. The van der Waals surface area contributed by atoms with Crippen LogP contribution in [-0.4, -0.2) is 11.8 Å². The highest BCUT2D eigenvalue weighted by atomic mass is 32.1. The molecule has 2 rings (SSSR count). The normalized spacial score (nSPS) is 17.3. The Morgan fingerprint density at radius 3 is 2.81 bits per heavy atom. The summed E-state index contributed by atoms with van der Waals surface area (Å²) in [4.78, 5) is 25.0. The molecular formula is C16H24N2O2S. The molecule has 0 radical (unpaired) electrons. The highest BCUT2D eigenvalue weighted by molar-refractivity contribution is 7.17. The first-order chi connectivity index (χ1) is 10.0. The Bertz CT molecular complexity index is 537. The molecular weight excluding hydrogens is 284 g/mol. The number of hydrogen-bond acceptors (Lipinski definition) is 3. The predicted molar refractivity (Wildman–Crippen MR) is 86.8 cm³/mol. The van der Waals surface area contributed by atoms with Crippen LogP contribution in [-0.2, 0) is 17.6 Å². The van der Waals surface area contributed by atoms with Gasteiger partial charge >= 0.3 is 0 Å². The fraction of sp³-hybridized carbons (Fsp3) is 0.625. The van der Waals surface area contributed by atoms with Gasteiger partial charge in [-0.15, -0.1) is 11.3 Å². The van der Waals surface area contributed by atoms with Gasteiger partial charge in [-0.05, 0) is 37.2 Å². The van der Waals surface area contributed by atoms with Crippen LogP contribution in [0.3, 0.4) is 0 Å². The number of rotatable bonds is 6. The Morgan fingerprint density at radius 1 is 1.38 bits per heavy atom. The van der Waals surface area contributed by atoms with E-state index in [2.05, 4.69) is 19.2 Å². The summed E-state index contributed by atoms with van der Waals surface area (Å²) in [6.45, 7) is 4.33. The first-order valence-corrected chi connectivity index (χ1v) is 8.58. The molecule has 1 aromatic heterocycles. The molecule has 1 aliphatic carbocycles. The molecule has 3 N–H and O–H groups in total. The van der Waals surface area contributed by atoms with Crippen LogP contribution in [0.25, 0.3) is 0 Å². The summed E-state index contributed by atoms with van der Waals surface area (Å²) in [5.41, 5.74) is 7.14. The van der Waals surface area contributed by atoms with Crippen LogP contribution in [0.5, 0.6) is 0 Å². The number of amides is 2. The summed E-state index contributed by atoms with van der Waals surface area (Å²) in [7, 11) is 0. The monoisotopic (exact) mass is 308 g/mol. The topological polar surface area (TPSA) is 72.2 Å². The quantitative estimate of drug-likeness (QED) is 0.790. The maximum absolute atomic E-state index is 12.0. The van der Waals surface area contributed by atoms with Gasteiger partial charge in [-0.3, -0.25) is 9.59 Å². The largest absolute Gasteiger partial charge is 0.365 e. The van der Waals surface area contributed by atoms with Gasteiger partial charge in [-0.1, -0.05) is 26.7 Å². The maximum Gasteiger partial charge on any atom is 0.251 e. The molecule has 21 heavy (non-hydrogen) atoms. The number of anilines is 1. The summed E-state index contributed by atoms with van der Waals surface area (Å²) in [6, 6.07) is 0. The van der Waals surface area contributed by atoms with Crippen molar-refractivity contribution in [1.82, 2.24) is 0 Å². The standard InChI is InChI=1S/C16H24N2O2S/c1-3-4-5-6-13(19)18-16-14(15(17)20)11-8-7-10(2)9-12(11)21-16/h10H,3-9H2,1-2H3,(H2,17,20)(H,18,19)/t10-/m1/s1. The van der Waals surface area contributed by atoms with Crippen molar-refractivity contribution in [3.05, 3.63) is 16.0 Å². The van der Waals surface area contributed by atoms with E-state index in [1.54, 1.807) is 0 Å². The van der Waals surface area contributed by atoms with Crippen LogP contribution < -0.4 is 11.1 Å². The van der Waals surface area contributed by atoms with Crippen molar-refractivity contribution in [2.24, 2.45) is 11.7 Å². The van der Waals surface area contributed by atoms with E-state index in [0.717, 1.165) is 44.1 Å². The van der Waals surface area contributed by atoms with Crippen LogP contribution in [0.1, 0.15) is 66.8 Å². The molecule has 0 bridgehead atoms. The summed E-state index contributed by atoms with van der Waals surface area (Å²) >= 11 is 1.53. The molecule has 1 heterocycles. The molecule has 0 aliphatic heterocycles. The lowest BCUT2D eigenvalue weighted by molar-refractivity contribution is -0.116. The van der Waals surface area contributed by atoms with Gasteiger partial charge in [0.15, 0.2) is 0 Å². The van der Waals surface area contributed by atoms with E-state index in [0.29, 0.717) is 22.9 Å². The third-order valence-corrected chi connectivity index (χ3v) is 5.19. The number of unbranched alkanes of at least 4 members (excludes halogenated alkanes) is 2. The second kappa shape index (κ2) is 7.07. The van der Waals surface area contributed by atoms with Crippen molar-refractivity contribution in [3.63, 3.8) is 0 Å². The van der Waals surface area contributed by atoms with Gasteiger partial charge in [0.05, 0.1) is 5.56 Å². The number of hydrogen-bond donors (Lipinski definition) is 2. The molecule has 0 aromatic carbocycles. The average molecular weight is 308 g/mol. The molecule has 2 amide bonds. The van der Waals surface area contributed by atoms with E-state index in [9.17, 15) is 9.59 Å². The minimum Gasteiger partial charge on any atom is -0.365 e. The molecule has 0 fully saturated rings. The summed E-state index contributed by atoms with van der Waals surface area (Å²) in [5.74, 6) is 0.188. The Labute approximate surface area is 130 Å². The van der Waals surface area contributed by atoms with Gasteiger partial charge in [-0.25, -0.2) is 0 Å². The van der Waals surface area contributed by atoms with Gasteiger partial charge in [0.25, 0.3) is 5.91 Å². The molecule has 0 saturated heterocycles. The maximum atomic E-state index is 12.0. The highest BCUT2D eigenvalue weighted by Crippen LogP contribution is 2.39. The Hall–Kier alpha value is -1.36. The lowest BCUT2D eigenvalue weighted by Crippen LogP contribution is -2.19. The van der Waals surface area contributed by atoms with E-state index in [1.807, 2.05) is 0 Å². The summed E-state index contributed by atoms with van der Waals surface area (Å²) in [6.07, 6.45) is 6.47. The number of fused-ring (bicyclic) bond motifs is 1. The lowest BCUT2D eigenvalue weighted by atomic mass is 9.88. The minimum atomic E-state index is -0.425. The predicted octanol–water partition coefficient (Wildman–Crippen LogP) is 3.49. The second-order valence-corrected chi connectivity index (χ2v) is 7.03. The van der Waals surface area contributed by atoms with Gasteiger partial charge < -0.3 is 11.1 Å². The van der Waals surface area contributed by atoms with E-state index < -0.39 is 5.91 Å². The molecule has 0 spiro atoms. The lowest BCUT2D eigenvalue weighted by Gasteiger charge is -2.18. The first-order valence-electron chi connectivity index (χ1n) is 7.77. The molecule has 116 valence electrons. The highest BCUT2D eigenvalue weighted by Gasteiger charge is 2.27. The number of thiophene rings is 1. The van der Waals surface area contributed by atoms with Gasteiger partial charge in [0, 0.05) is 11.3 Å². The molecule has 4 nitrogen and oxygen atoms in total. The fourth-order valence-corrected chi connectivity index (χ4v) is 4.26.